The van der Waals surface area contributed by atoms with Crippen LogP contribution in [0.15, 0.2) is 17.2 Å². The minimum absolute atomic E-state index is 0.0899. The molecule has 2 rings (SSSR count). The highest BCUT2D eigenvalue weighted by molar-refractivity contribution is 7.89. The average molecular weight is 285 g/mol. The van der Waals surface area contributed by atoms with E-state index in [1.54, 1.807) is 16.6 Å². The summed E-state index contributed by atoms with van der Waals surface area (Å²) in [4.78, 5) is 3.40. The predicted octanol–water partition coefficient (Wildman–Crippen LogP) is 1.54. The second kappa shape index (κ2) is 5.64. The van der Waals surface area contributed by atoms with Gasteiger partial charge in [-0.05, 0) is 31.9 Å². The summed E-state index contributed by atoms with van der Waals surface area (Å²) in [5, 5.41) is 3.18. The Kier molecular flexibility index (Phi) is 4.32. The van der Waals surface area contributed by atoms with E-state index in [9.17, 15) is 8.42 Å². The van der Waals surface area contributed by atoms with Crippen LogP contribution in [0.3, 0.4) is 0 Å². The van der Waals surface area contributed by atoms with Crippen LogP contribution >= 0.6 is 0 Å². The first kappa shape index (κ1) is 14.6. The second-order valence-electron chi connectivity index (χ2n) is 5.41. The molecule has 0 aromatic carbocycles. The van der Waals surface area contributed by atoms with E-state index >= 15 is 0 Å². The Hall–Kier alpha value is -0.850. The predicted molar refractivity (Wildman–Crippen MR) is 75.3 cm³/mol. The minimum Gasteiger partial charge on any atom is -0.363 e. The number of hydrogen-bond acceptors (Lipinski definition) is 3. The van der Waals surface area contributed by atoms with E-state index in [2.05, 4.69) is 17.2 Å². The Bertz CT molecular complexity index is 524. The molecular formula is C13H23N3O2S. The molecule has 0 bridgehead atoms. The van der Waals surface area contributed by atoms with Crippen LogP contribution in [0.2, 0.25) is 0 Å². The van der Waals surface area contributed by atoms with Crippen LogP contribution in [0.4, 0.5) is 0 Å². The number of aromatic nitrogens is 1. The summed E-state index contributed by atoms with van der Waals surface area (Å²) in [7, 11) is -3.35. The Morgan fingerprint density at radius 2 is 2.21 bits per heavy atom. The van der Waals surface area contributed by atoms with Crippen molar-refractivity contribution < 1.29 is 8.42 Å². The Morgan fingerprint density at radius 3 is 2.79 bits per heavy atom. The lowest BCUT2D eigenvalue weighted by molar-refractivity contribution is 0.405. The molecule has 0 aliphatic carbocycles. The third-order valence-corrected chi connectivity index (χ3v) is 5.57. The maximum atomic E-state index is 12.6. The van der Waals surface area contributed by atoms with Crippen molar-refractivity contribution in [2.45, 2.75) is 44.7 Å². The van der Waals surface area contributed by atoms with Crippen LogP contribution in [-0.4, -0.2) is 36.8 Å². The largest absolute Gasteiger partial charge is 0.363 e. The summed E-state index contributed by atoms with van der Waals surface area (Å²) in [5.41, 5.74) is 0.903. The molecule has 2 N–H and O–H groups in total. The third-order valence-electron chi connectivity index (χ3n) is 3.62. The molecule has 108 valence electrons. The van der Waals surface area contributed by atoms with E-state index in [4.69, 9.17) is 0 Å². The van der Waals surface area contributed by atoms with Gasteiger partial charge in [-0.3, -0.25) is 0 Å². The van der Waals surface area contributed by atoms with Crippen LogP contribution in [0.5, 0.6) is 0 Å². The van der Waals surface area contributed by atoms with Crippen molar-refractivity contribution in [2.24, 2.45) is 5.92 Å². The summed E-state index contributed by atoms with van der Waals surface area (Å²) in [6.07, 6.45) is 2.53. The van der Waals surface area contributed by atoms with Gasteiger partial charge in [0.05, 0.1) is 4.90 Å². The first-order valence-corrected chi connectivity index (χ1v) is 8.29. The molecule has 19 heavy (non-hydrogen) atoms. The van der Waals surface area contributed by atoms with E-state index in [-0.39, 0.29) is 6.04 Å². The molecule has 2 atom stereocenters. The number of rotatable bonds is 5. The van der Waals surface area contributed by atoms with Crippen LogP contribution < -0.4 is 5.32 Å². The van der Waals surface area contributed by atoms with E-state index in [1.165, 1.54) is 0 Å². The van der Waals surface area contributed by atoms with E-state index < -0.39 is 10.0 Å². The maximum Gasteiger partial charge on any atom is 0.244 e. The van der Waals surface area contributed by atoms with Gasteiger partial charge in [0.2, 0.25) is 10.0 Å². The van der Waals surface area contributed by atoms with Gasteiger partial charge < -0.3 is 10.3 Å². The quantitative estimate of drug-likeness (QED) is 0.862. The maximum absolute atomic E-state index is 12.6. The van der Waals surface area contributed by atoms with Crippen molar-refractivity contribution >= 4 is 10.0 Å². The van der Waals surface area contributed by atoms with Crippen molar-refractivity contribution in [3.63, 3.8) is 0 Å². The molecule has 0 saturated carbocycles. The van der Waals surface area contributed by atoms with Gasteiger partial charge in [0.1, 0.15) is 0 Å². The van der Waals surface area contributed by atoms with Crippen LogP contribution in [-0.2, 0) is 16.6 Å². The fourth-order valence-corrected chi connectivity index (χ4v) is 4.44. The number of H-pyrrole nitrogens is 1. The smallest absolute Gasteiger partial charge is 0.244 e. The Balaban J connectivity index is 2.17. The summed E-state index contributed by atoms with van der Waals surface area (Å²) < 4.78 is 26.7. The van der Waals surface area contributed by atoms with Crippen LogP contribution in [0.1, 0.15) is 32.9 Å². The van der Waals surface area contributed by atoms with E-state index in [1.807, 2.05) is 13.8 Å². The molecule has 2 heterocycles. The monoisotopic (exact) mass is 285 g/mol. The Labute approximate surface area is 115 Å². The SMILES string of the molecule is CCNCc1cc(S(=O)(=O)N2CC(C)CC2C)c[nH]1. The highest BCUT2D eigenvalue weighted by Gasteiger charge is 2.36. The number of nitrogens with zero attached hydrogens (tertiary/aromatic N) is 1. The van der Waals surface area contributed by atoms with E-state index in [0.717, 1.165) is 18.7 Å². The zero-order chi connectivity index (χ0) is 14.0. The first-order chi connectivity index (χ1) is 8.95. The molecule has 1 fully saturated rings. The normalized spacial score (nSPS) is 25.0. The summed E-state index contributed by atoms with van der Waals surface area (Å²) >= 11 is 0. The molecule has 6 heteroatoms. The lowest BCUT2D eigenvalue weighted by Crippen LogP contribution is -2.33. The summed E-state index contributed by atoms with van der Waals surface area (Å²) in [6.45, 7) is 8.25. The van der Waals surface area contributed by atoms with Crippen LogP contribution in [0, 0.1) is 5.92 Å². The van der Waals surface area contributed by atoms with Crippen LogP contribution in [0.25, 0.3) is 0 Å². The van der Waals surface area contributed by atoms with Gasteiger partial charge in [-0.15, -0.1) is 0 Å². The Morgan fingerprint density at radius 1 is 1.47 bits per heavy atom. The molecule has 2 unspecified atom stereocenters. The minimum atomic E-state index is -3.35. The van der Waals surface area contributed by atoms with Gasteiger partial charge in [0.25, 0.3) is 0 Å². The highest BCUT2D eigenvalue weighted by Crippen LogP contribution is 2.29. The molecule has 5 nitrogen and oxygen atoms in total. The van der Waals surface area contributed by atoms with Gasteiger partial charge in [-0.1, -0.05) is 13.8 Å². The van der Waals surface area contributed by atoms with Crippen molar-refractivity contribution in [1.82, 2.24) is 14.6 Å². The molecule has 1 aliphatic heterocycles. The molecule has 1 saturated heterocycles. The number of hydrogen-bond donors (Lipinski definition) is 2. The fourth-order valence-electron chi connectivity index (χ4n) is 2.66. The zero-order valence-electron chi connectivity index (χ0n) is 11.8. The molecule has 0 radical (unpaired) electrons. The van der Waals surface area contributed by atoms with Crippen molar-refractivity contribution in [3.8, 4) is 0 Å². The number of sulfonamides is 1. The van der Waals surface area contributed by atoms with Gasteiger partial charge in [-0.25, -0.2) is 8.42 Å². The third kappa shape index (κ3) is 3.01. The first-order valence-electron chi connectivity index (χ1n) is 6.85. The zero-order valence-corrected chi connectivity index (χ0v) is 12.6. The molecule has 1 aliphatic rings. The molecule has 1 aromatic heterocycles. The van der Waals surface area contributed by atoms with Crippen molar-refractivity contribution in [3.05, 3.63) is 18.0 Å². The lowest BCUT2D eigenvalue weighted by atomic mass is 10.1. The topological polar surface area (TPSA) is 65.2 Å². The standard InChI is InChI=1S/C13H23N3O2S/c1-4-14-7-12-6-13(8-15-12)19(17,18)16-9-10(2)5-11(16)3/h6,8,10-11,14-15H,4-5,7,9H2,1-3H3. The fraction of sp³-hybridized carbons (Fsp3) is 0.692. The number of aromatic amines is 1. The van der Waals surface area contributed by atoms with Gasteiger partial charge in [0, 0.05) is 31.0 Å². The van der Waals surface area contributed by atoms with Gasteiger partial charge in [-0.2, -0.15) is 4.31 Å². The van der Waals surface area contributed by atoms with E-state index in [0.29, 0.717) is 23.9 Å². The molecule has 0 amide bonds. The molecule has 0 spiro atoms. The summed E-state index contributed by atoms with van der Waals surface area (Å²) in [6, 6.07) is 1.82. The average Bonchev–Trinajstić information content (AvgIpc) is 2.93. The number of nitrogens with one attached hydrogen (secondary N) is 2. The molecular weight excluding hydrogens is 262 g/mol. The molecule has 1 aromatic rings. The lowest BCUT2D eigenvalue weighted by Gasteiger charge is -2.19. The van der Waals surface area contributed by atoms with Gasteiger partial charge >= 0.3 is 0 Å². The van der Waals surface area contributed by atoms with Gasteiger partial charge in [0.15, 0.2) is 0 Å². The second-order valence-corrected chi connectivity index (χ2v) is 7.30. The van der Waals surface area contributed by atoms with Crippen molar-refractivity contribution in [1.29, 1.82) is 0 Å². The highest BCUT2D eigenvalue weighted by atomic mass is 32.2. The van der Waals surface area contributed by atoms with Crippen molar-refractivity contribution in [2.75, 3.05) is 13.1 Å². The summed E-state index contributed by atoms with van der Waals surface area (Å²) in [5.74, 6) is 0.435.